The number of halogens is 4. The maximum Gasteiger partial charge on any atom is 0.389 e. The zero-order valence-corrected chi connectivity index (χ0v) is 11.2. The molecule has 1 aromatic rings. The molecule has 1 atom stereocenters. The maximum atomic E-state index is 12.1. The number of hydrogen-bond donors (Lipinski definition) is 2. The van der Waals surface area contributed by atoms with Crippen LogP contribution in [0.3, 0.4) is 0 Å². The largest absolute Gasteiger partial charge is 0.503 e. The predicted octanol–water partition coefficient (Wildman–Crippen LogP) is 3.51. The van der Waals surface area contributed by atoms with Crippen LogP contribution in [0.5, 0.6) is 11.5 Å². The van der Waals surface area contributed by atoms with Gasteiger partial charge < -0.3 is 15.6 Å². The van der Waals surface area contributed by atoms with Gasteiger partial charge in [0.2, 0.25) is 0 Å². The molecule has 0 heterocycles. The molecule has 0 bridgehead atoms. The topological polar surface area (TPSA) is 55.5 Å². The molecular formula is C11H13BrF3NO2. The third-order valence-corrected chi connectivity index (χ3v) is 3.04. The lowest BCUT2D eigenvalue weighted by atomic mass is 10.0. The van der Waals surface area contributed by atoms with Crippen molar-refractivity contribution in [1.82, 2.24) is 0 Å². The first-order valence-electron chi connectivity index (χ1n) is 5.13. The lowest BCUT2D eigenvalue weighted by molar-refractivity contribution is -0.136. The van der Waals surface area contributed by atoms with E-state index in [2.05, 4.69) is 15.9 Å². The first-order valence-corrected chi connectivity index (χ1v) is 5.92. The van der Waals surface area contributed by atoms with Crippen LogP contribution in [-0.4, -0.2) is 18.4 Å². The number of alkyl halides is 3. The van der Waals surface area contributed by atoms with E-state index in [1.54, 1.807) is 0 Å². The van der Waals surface area contributed by atoms with E-state index in [-0.39, 0.29) is 17.9 Å². The number of benzene rings is 1. The van der Waals surface area contributed by atoms with Crippen LogP contribution in [0.2, 0.25) is 0 Å². The van der Waals surface area contributed by atoms with Crippen molar-refractivity contribution in [3.8, 4) is 11.5 Å². The van der Waals surface area contributed by atoms with E-state index in [1.165, 1.54) is 19.2 Å². The fraction of sp³-hybridized carbons (Fsp3) is 0.455. The smallest absolute Gasteiger partial charge is 0.389 e. The van der Waals surface area contributed by atoms with E-state index < -0.39 is 18.6 Å². The summed E-state index contributed by atoms with van der Waals surface area (Å²) in [5.41, 5.74) is 6.16. The van der Waals surface area contributed by atoms with Crippen LogP contribution in [-0.2, 0) is 0 Å². The first-order chi connectivity index (χ1) is 8.24. The first kappa shape index (κ1) is 15.1. The molecule has 0 amide bonds. The molecule has 3 N–H and O–H groups in total. The van der Waals surface area contributed by atoms with Gasteiger partial charge in [0.1, 0.15) is 0 Å². The van der Waals surface area contributed by atoms with Gasteiger partial charge in [0.15, 0.2) is 11.5 Å². The van der Waals surface area contributed by atoms with Crippen molar-refractivity contribution in [3.63, 3.8) is 0 Å². The van der Waals surface area contributed by atoms with Crippen molar-refractivity contribution in [2.24, 2.45) is 5.73 Å². The Hall–Kier alpha value is -0.950. The molecule has 0 saturated heterocycles. The maximum absolute atomic E-state index is 12.1. The third kappa shape index (κ3) is 4.06. The highest BCUT2D eigenvalue weighted by atomic mass is 79.9. The van der Waals surface area contributed by atoms with E-state index in [0.29, 0.717) is 10.0 Å². The molecule has 3 nitrogen and oxygen atoms in total. The second kappa shape index (κ2) is 5.79. The number of ether oxygens (including phenoxy) is 1. The minimum Gasteiger partial charge on any atom is -0.503 e. The molecule has 102 valence electrons. The van der Waals surface area contributed by atoms with Crippen LogP contribution in [0.25, 0.3) is 0 Å². The minimum absolute atomic E-state index is 0.107. The van der Waals surface area contributed by atoms with Gasteiger partial charge in [-0.05, 0) is 40.0 Å². The van der Waals surface area contributed by atoms with Crippen molar-refractivity contribution >= 4 is 15.9 Å². The van der Waals surface area contributed by atoms with E-state index >= 15 is 0 Å². The van der Waals surface area contributed by atoms with Crippen LogP contribution in [0.4, 0.5) is 13.2 Å². The lowest BCUT2D eigenvalue weighted by Crippen LogP contribution is -2.15. The van der Waals surface area contributed by atoms with Crippen molar-refractivity contribution in [2.45, 2.75) is 25.1 Å². The zero-order chi connectivity index (χ0) is 13.9. The standard InChI is InChI=1S/C11H13BrF3NO2/c1-18-9-5-6(4-7(12)10(9)17)8(16)2-3-11(13,14)15/h4-5,8,17H,2-3,16H2,1H3/t8-/m1/s1. The van der Waals surface area contributed by atoms with Gasteiger partial charge >= 0.3 is 6.18 Å². The molecule has 7 heteroatoms. The molecule has 1 rings (SSSR count). The molecule has 0 spiro atoms. The molecule has 0 aliphatic rings. The molecule has 0 aromatic heterocycles. The number of nitrogens with two attached hydrogens (primary N) is 1. The zero-order valence-electron chi connectivity index (χ0n) is 9.59. The van der Waals surface area contributed by atoms with Gasteiger partial charge in [-0.1, -0.05) is 0 Å². The lowest BCUT2D eigenvalue weighted by Gasteiger charge is -2.16. The average Bonchev–Trinajstić information content (AvgIpc) is 2.28. The van der Waals surface area contributed by atoms with Crippen molar-refractivity contribution in [2.75, 3.05) is 7.11 Å². The Labute approximate surface area is 111 Å². The Morgan fingerprint density at radius 3 is 2.56 bits per heavy atom. The number of aromatic hydroxyl groups is 1. The van der Waals surface area contributed by atoms with Crippen LogP contribution >= 0.6 is 15.9 Å². The molecule has 0 fully saturated rings. The summed E-state index contributed by atoms with van der Waals surface area (Å²) in [6.07, 6.45) is -5.39. The Morgan fingerprint density at radius 2 is 2.06 bits per heavy atom. The van der Waals surface area contributed by atoms with Crippen LogP contribution in [0, 0.1) is 0 Å². The summed E-state index contributed by atoms with van der Waals surface area (Å²) in [4.78, 5) is 0. The summed E-state index contributed by atoms with van der Waals surface area (Å²) in [5, 5.41) is 9.57. The van der Waals surface area contributed by atoms with Gasteiger partial charge in [-0.2, -0.15) is 13.2 Å². The molecule has 0 saturated carbocycles. The number of phenolic OH excluding ortho intramolecular Hbond substituents is 1. The normalized spacial score (nSPS) is 13.4. The summed E-state index contributed by atoms with van der Waals surface area (Å²) in [7, 11) is 1.35. The van der Waals surface area contributed by atoms with Gasteiger partial charge in [-0.15, -0.1) is 0 Å². The van der Waals surface area contributed by atoms with Gasteiger partial charge in [0, 0.05) is 12.5 Å². The number of phenols is 1. The van der Waals surface area contributed by atoms with Crippen molar-refractivity contribution in [1.29, 1.82) is 0 Å². The van der Waals surface area contributed by atoms with Gasteiger partial charge in [-0.3, -0.25) is 0 Å². The fourth-order valence-electron chi connectivity index (χ4n) is 1.45. The van der Waals surface area contributed by atoms with Crippen LogP contribution in [0.15, 0.2) is 16.6 Å². The Bertz CT molecular complexity index is 423. The predicted molar refractivity (Wildman–Crippen MR) is 64.6 cm³/mol. The fourth-order valence-corrected chi connectivity index (χ4v) is 1.91. The van der Waals surface area contributed by atoms with Gasteiger partial charge in [0.25, 0.3) is 0 Å². The Balaban J connectivity index is 2.86. The summed E-state index contributed by atoms with van der Waals surface area (Å²) in [6.45, 7) is 0. The van der Waals surface area contributed by atoms with Gasteiger partial charge in [-0.25, -0.2) is 0 Å². The van der Waals surface area contributed by atoms with Crippen LogP contribution < -0.4 is 10.5 Å². The summed E-state index contributed by atoms with van der Waals surface area (Å²) < 4.78 is 41.5. The quantitative estimate of drug-likeness (QED) is 0.889. The highest BCUT2D eigenvalue weighted by molar-refractivity contribution is 9.10. The molecule has 0 radical (unpaired) electrons. The molecule has 0 unspecified atom stereocenters. The Morgan fingerprint density at radius 1 is 1.44 bits per heavy atom. The van der Waals surface area contributed by atoms with E-state index in [9.17, 15) is 18.3 Å². The number of methoxy groups -OCH3 is 1. The SMILES string of the molecule is COc1cc([C@H](N)CCC(F)(F)F)cc(Br)c1O. The second-order valence-electron chi connectivity index (χ2n) is 3.81. The molecule has 0 aliphatic heterocycles. The highest BCUT2D eigenvalue weighted by Gasteiger charge is 2.28. The molecule has 0 aliphatic carbocycles. The van der Waals surface area contributed by atoms with Crippen LogP contribution in [0.1, 0.15) is 24.4 Å². The molecule has 1 aromatic carbocycles. The average molecular weight is 328 g/mol. The van der Waals surface area contributed by atoms with E-state index in [0.717, 1.165) is 0 Å². The monoisotopic (exact) mass is 327 g/mol. The van der Waals surface area contributed by atoms with E-state index in [4.69, 9.17) is 10.5 Å². The van der Waals surface area contributed by atoms with E-state index in [1.807, 2.05) is 0 Å². The second-order valence-corrected chi connectivity index (χ2v) is 4.67. The summed E-state index contributed by atoms with van der Waals surface area (Å²) in [6, 6.07) is 2.15. The van der Waals surface area contributed by atoms with Crippen molar-refractivity contribution in [3.05, 3.63) is 22.2 Å². The molecule has 18 heavy (non-hydrogen) atoms. The van der Waals surface area contributed by atoms with Gasteiger partial charge in [0.05, 0.1) is 11.6 Å². The third-order valence-electron chi connectivity index (χ3n) is 2.44. The minimum atomic E-state index is -4.23. The number of rotatable bonds is 4. The van der Waals surface area contributed by atoms with Crippen molar-refractivity contribution < 1.29 is 23.0 Å². The number of hydrogen-bond acceptors (Lipinski definition) is 3. The highest BCUT2D eigenvalue weighted by Crippen LogP contribution is 2.37. The summed E-state index contributed by atoms with van der Waals surface area (Å²) >= 11 is 3.09. The Kier molecular flexibility index (Phi) is 4.86. The molecular weight excluding hydrogens is 315 g/mol. The summed E-state index contributed by atoms with van der Waals surface area (Å²) in [5.74, 6) is 0.0612.